The Kier molecular flexibility index (Phi) is 14.7. The van der Waals surface area contributed by atoms with E-state index in [0.29, 0.717) is 11.1 Å². The quantitative estimate of drug-likeness (QED) is 0.0686. The number of aliphatic hydroxyl groups is 1. The van der Waals surface area contributed by atoms with Gasteiger partial charge in [0.25, 0.3) is 5.56 Å². The molecule has 5 amide bonds. The van der Waals surface area contributed by atoms with Crippen LogP contribution in [0.15, 0.2) is 88.5 Å². The first-order valence-electron chi connectivity index (χ1n) is 19.5. The van der Waals surface area contributed by atoms with E-state index in [4.69, 9.17) is 10.5 Å². The molecule has 7 atom stereocenters. The number of aromatic nitrogens is 3. The molecule has 20 nitrogen and oxygen atoms in total. The summed E-state index contributed by atoms with van der Waals surface area (Å²) < 4.78 is 6.69. The molecule has 3 heterocycles. The summed E-state index contributed by atoms with van der Waals surface area (Å²) in [5, 5.41) is 41.3. The smallest absolute Gasteiger partial charge is 0.331 e. The van der Waals surface area contributed by atoms with Gasteiger partial charge in [-0.3, -0.25) is 28.7 Å². The first-order valence-corrected chi connectivity index (χ1v) is 19.5. The lowest BCUT2D eigenvalue weighted by molar-refractivity contribution is -0.139. The van der Waals surface area contributed by atoms with Gasteiger partial charge in [-0.1, -0.05) is 44.2 Å². The predicted molar refractivity (Wildman–Crippen MR) is 221 cm³/mol. The number of aromatic amines is 2. The van der Waals surface area contributed by atoms with Crippen molar-refractivity contribution in [1.82, 2.24) is 40.7 Å². The van der Waals surface area contributed by atoms with Gasteiger partial charge in [-0.15, -0.1) is 0 Å². The summed E-state index contributed by atoms with van der Waals surface area (Å²) in [6.07, 6.45) is 1.37. The Balaban J connectivity index is 1.34. The number of nitrogens with two attached hydrogens (primary N) is 1. The lowest BCUT2D eigenvalue weighted by atomic mass is 10.0. The van der Waals surface area contributed by atoms with Crippen LogP contribution in [-0.2, 0) is 36.8 Å². The summed E-state index contributed by atoms with van der Waals surface area (Å²) in [4.78, 5) is 97.6. The van der Waals surface area contributed by atoms with Crippen LogP contribution in [-0.4, -0.2) is 108 Å². The maximum Gasteiger partial charge on any atom is 0.331 e. The molecule has 0 bridgehead atoms. The Labute approximate surface area is 349 Å². The fourth-order valence-corrected chi connectivity index (χ4v) is 6.89. The number of urea groups is 1. The molecular formula is C41H51N9O11. The van der Waals surface area contributed by atoms with Crippen molar-refractivity contribution in [3.63, 3.8) is 0 Å². The molecule has 1 aliphatic rings. The molecule has 0 spiro atoms. The number of aromatic hydroxyl groups is 1. The Hall–Kier alpha value is -6.93. The number of aliphatic hydroxyl groups excluding tert-OH is 1. The van der Waals surface area contributed by atoms with Crippen molar-refractivity contribution in [1.29, 1.82) is 0 Å². The number of fused-ring (bicyclic) bond motifs is 1. The molecule has 1 fully saturated rings. The number of hydrogen-bond acceptors (Lipinski definition) is 11. The van der Waals surface area contributed by atoms with E-state index >= 15 is 0 Å². The van der Waals surface area contributed by atoms with Crippen LogP contribution in [0.3, 0.4) is 0 Å². The average Bonchev–Trinajstić information content (AvgIpc) is 3.80. The number of carboxylic acids is 1. The highest BCUT2D eigenvalue weighted by molar-refractivity contribution is 5.94. The molecule has 2 aromatic heterocycles. The van der Waals surface area contributed by atoms with Crippen LogP contribution < -0.4 is 38.2 Å². The van der Waals surface area contributed by atoms with Crippen LogP contribution in [0.1, 0.15) is 51.0 Å². The Morgan fingerprint density at radius 1 is 0.967 bits per heavy atom. The third-order valence-electron chi connectivity index (χ3n) is 10.3. The van der Waals surface area contributed by atoms with Gasteiger partial charge in [0.1, 0.15) is 35.7 Å². The fourth-order valence-electron chi connectivity index (χ4n) is 6.89. The molecule has 1 saturated heterocycles. The van der Waals surface area contributed by atoms with Crippen molar-refractivity contribution in [3.8, 4) is 5.75 Å². The van der Waals surface area contributed by atoms with Crippen LogP contribution in [0.2, 0.25) is 0 Å². The third kappa shape index (κ3) is 11.6. The van der Waals surface area contributed by atoms with E-state index in [2.05, 4.69) is 31.2 Å². The second-order valence-corrected chi connectivity index (χ2v) is 15.3. The number of aliphatic carboxylic acids is 1. The molecule has 5 rings (SSSR count). The first-order chi connectivity index (χ1) is 28.9. The van der Waals surface area contributed by atoms with Gasteiger partial charge in [0.05, 0.1) is 12.1 Å². The van der Waals surface area contributed by atoms with Crippen molar-refractivity contribution in [2.45, 2.75) is 89.0 Å². The standard InChI is InChI=1S/C41H51N9O11/c1-21(2)15-30(45-40(59)46-31(39(57)58)17-24-19-43-29-8-6-5-7-27(24)29)35(54)48-34(22(3)49(4)37(56)28(42)16-23-9-11-25(51)12-10-23)36(55)44-20-26-18-32(52)38(61-26)50-14-13-33(53)47-41(50)60/h5-14,19-22,28,30-32,34,38,43,51-52H,15-18,42H2,1-4H3,(H,44,55)(H,48,54)(H,57,58)(H2,45,46,59)(H,47,53,60)/b26-20+/t22?,28?,30?,31?,32-,34?,38?/m0/s1. The molecule has 4 aromatic rings. The number of phenolic OH excluding ortho intramolecular Hbond substituents is 1. The number of carbonyl (C=O) groups excluding carboxylic acids is 4. The lowest BCUT2D eigenvalue weighted by Crippen LogP contribution is -2.62. The fraction of sp³-hybridized carbons (Fsp3) is 0.390. The number of carboxylic acid groups (broad SMARTS) is 1. The molecule has 326 valence electrons. The molecule has 0 aliphatic carbocycles. The summed E-state index contributed by atoms with van der Waals surface area (Å²) in [5.74, 6) is -3.68. The molecule has 20 heteroatoms. The number of nitrogens with one attached hydrogen (secondary N) is 6. The number of ether oxygens (including phenoxy) is 1. The van der Waals surface area contributed by atoms with Gasteiger partial charge in [-0.2, -0.15) is 0 Å². The van der Waals surface area contributed by atoms with Crippen LogP contribution in [0.4, 0.5) is 4.79 Å². The number of likely N-dealkylation sites (N-methyl/N-ethyl adjacent to an activating group) is 1. The SMILES string of the molecule is CC(C)CC(NC(=O)NC(Cc1c[nH]c2ccccc12)C(=O)O)C(=O)NC(C(=O)N/C=C1\C[C@H](O)C(n2ccc(=O)[nH]c2=O)O1)C(C)N(C)C(=O)C(N)Cc1ccc(O)cc1. The van der Waals surface area contributed by atoms with E-state index in [1.54, 1.807) is 38.2 Å². The van der Waals surface area contributed by atoms with E-state index in [0.717, 1.165) is 33.9 Å². The zero-order chi connectivity index (χ0) is 44.5. The molecule has 11 N–H and O–H groups in total. The minimum Gasteiger partial charge on any atom is -0.508 e. The van der Waals surface area contributed by atoms with E-state index in [1.807, 2.05) is 18.2 Å². The van der Waals surface area contributed by atoms with Crippen LogP contribution in [0, 0.1) is 5.92 Å². The topological polar surface area (TPSA) is 303 Å². The lowest BCUT2D eigenvalue weighted by Gasteiger charge is -2.34. The number of benzene rings is 2. The van der Waals surface area contributed by atoms with E-state index in [1.165, 1.54) is 31.0 Å². The highest BCUT2D eigenvalue weighted by atomic mass is 16.5. The zero-order valence-corrected chi connectivity index (χ0v) is 34.0. The maximum atomic E-state index is 14.1. The molecule has 2 aromatic carbocycles. The van der Waals surface area contributed by atoms with Crippen molar-refractivity contribution >= 4 is 40.6 Å². The van der Waals surface area contributed by atoms with Crippen LogP contribution in [0.5, 0.6) is 5.75 Å². The summed E-state index contributed by atoms with van der Waals surface area (Å²) >= 11 is 0. The van der Waals surface area contributed by atoms with Gasteiger partial charge in [0.15, 0.2) is 0 Å². The molecule has 0 saturated carbocycles. The molecule has 0 radical (unpaired) electrons. The summed E-state index contributed by atoms with van der Waals surface area (Å²) in [6.45, 7) is 5.09. The monoisotopic (exact) mass is 845 g/mol. The summed E-state index contributed by atoms with van der Waals surface area (Å²) in [7, 11) is 1.40. The normalized spacial score (nSPS) is 18.0. The molecular weight excluding hydrogens is 795 g/mol. The van der Waals surface area contributed by atoms with E-state index in [9.17, 15) is 48.9 Å². The van der Waals surface area contributed by atoms with Crippen molar-refractivity contribution in [3.05, 3.63) is 111 Å². The molecule has 61 heavy (non-hydrogen) atoms. The second kappa shape index (κ2) is 19.9. The predicted octanol–water partition coefficient (Wildman–Crippen LogP) is 0.272. The molecule has 6 unspecified atom stereocenters. The number of carbonyl (C=O) groups is 5. The minimum atomic E-state index is -1.50. The van der Waals surface area contributed by atoms with E-state index in [-0.39, 0.29) is 43.1 Å². The Bertz CT molecular complexity index is 2370. The van der Waals surface area contributed by atoms with Gasteiger partial charge in [0.2, 0.25) is 23.9 Å². The largest absolute Gasteiger partial charge is 0.508 e. The number of phenols is 1. The van der Waals surface area contributed by atoms with E-state index < -0.39 is 83.5 Å². The minimum absolute atomic E-state index is 0.0298. The second-order valence-electron chi connectivity index (χ2n) is 15.3. The number of hydrogen-bond donors (Lipinski definition) is 10. The Morgan fingerprint density at radius 2 is 1.66 bits per heavy atom. The third-order valence-corrected chi connectivity index (χ3v) is 10.3. The van der Waals surface area contributed by atoms with Crippen LogP contribution in [0.25, 0.3) is 10.9 Å². The van der Waals surface area contributed by atoms with Gasteiger partial charge >= 0.3 is 17.7 Å². The maximum absolute atomic E-state index is 14.1. The number of rotatable bonds is 17. The summed E-state index contributed by atoms with van der Waals surface area (Å²) in [5.41, 5.74) is 6.90. The van der Waals surface area contributed by atoms with Gasteiger partial charge in [-0.25, -0.2) is 14.4 Å². The number of para-hydroxylation sites is 1. The van der Waals surface area contributed by atoms with Gasteiger partial charge in [0, 0.05) is 55.5 Å². The van der Waals surface area contributed by atoms with Gasteiger partial charge in [-0.05, 0) is 55.0 Å². The van der Waals surface area contributed by atoms with Crippen molar-refractivity contribution in [2.75, 3.05) is 7.05 Å². The number of nitrogens with zero attached hydrogens (tertiary/aromatic N) is 2. The summed E-state index contributed by atoms with van der Waals surface area (Å²) in [6, 6.07) is 7.17. The van der Waals surface area contributed by atoms with Crippen molar-refractivity contribution < 1.29 is 44.0 Å². The van der Waals surface area contributed by atoms with Gasteiger partial charge < -0.3 is 56.9 Å². The average molecular weight is 846 g/mol. The number of amides is 5. The van der Waals surface area contributed by atoms with Crippen LogP contribution >= 0.6 is 0 Å². The molecule has 1 aliphatic heterocycles. The highest BCUT2D eigenvalue weighted by Gasteiger charge is 2.37. The highest BCUT2D eigenvalue weighted by Crippen LogP contribution is 2.30. The zero-order valence-electron chi connectivity index (χ0n) is 34.0. The van der Waals surface area contributed by atoms with Crippen molar-refractivity contribution in [2.24, 2.45) is 11.7 Å². The Morgan fingerprint density at radius 3 is 2.33 bits per heavy atom. The first kappa shape index (κ1) is 45.2. The number of H-pyrrole nitrogens is 2.